The molecular formula is C16H13Cl2NO3. The van der Waals surface area contributed by atoms with E-state index in [2.05, 4.69) is 5.32 Å². The molecule has 2 aromatic rings. The molecule has 0 saturated carbocycles. The largest absolute Gasteiger partial charge is 0.465 e. The van der Waals surface area contributed by atoms with Gasteiger partial charge in [-0.05, 0) is 36.8 Å². The van der Waals surface area contributed by atoms with Crippen LogP contribution in [0.1, 0.15) is 26.3 Å². The molecule has 2 rings (SSSR count). The van der Waals surface area contributed by atoms with Gasteiger partial charge in [-0.1, -0.05) is 35.3 Å². The number of halogens is 2. The first kappa shape index (κ1) is 16.3. The van der Waals surface area contributed by atoms with Crippen LogP contribution in [-0.4, -0.2) is 19.0 Å². The highest BCUT2D eigenvalue weighted by Crippen LogP contribution is 2.25. The molecule has 0 aliphatic heterocycles. The fourth-order valence-corrected chi connectivity index (χ4v) is 2.23. The van der Waals surface area contributed by atoms with Crippen molar-refractivity contribution < 1.29 is 14.3 Å². The fraction of sp³-hybridized carbons (Fsp3) is 0.125. The summed E-state index contributed by atoms with van der Waals surface area (Å²) in [4.78, 5) is 24.1. The summed E-state index contributed by atoms with van der Waals surface area (Å²) >= 11 is 11.7. The van der Waals surface area contributed by atoms with Crippen molar-refractivity contribution >= 4 is 40.8 Å². The lowest BCUT2D eigenvalue weighted by Gasteiger charge is -2.13. The number of methoxy groups -OCH3 is 1. The molecule has 0 fully saturated rings. The minimum Gasteiger partial charge on any atom is -0.465 e. The second-order valence-corrected chi connectivity index (χ2v) is 5.39. The minimum absolute atomic E-state index is 0.285. The molecule has 1 N–H and O–H groups in total. The van der Waals surface area contributed by atoms with Crippen molar-refractivity contribution in [2.75, 3.05) is 12.4 Å². The van der Waals surface area contributed by atoms with E-state index in [0.717, 1.165) is 5.56 Å². The molecule has 0 radical (unpaired) electrons. The second-order valence-electron chi connectivity index (χ2n) is 4.57. The van der Waals surface area contributed by atoms with Gasteiger partial charge in [-0.25, -0.2) is 4.79 Å². The SMILES string of the molecule is COC(=O)c1cccc(C)c1NC(=O)c1ccc(Cl)c(Cl)c1. The zero-order chi connectivity index (χ0) is 16.3. The van der Waals surface area contributed by atoms with Crippen molar-refractivity contribution in [1.29, 1.82) is 0 Å². The number of amides is 1. The van der Waals surface area contributed by atoms with Gasteiger partial charge in [0.05, 0.1) is 28.4 Å². The van der Waals surface area contributed by atoms with Gasteiger partial charge in [-0.15, -0.1) is 0 Å². The van der Waals surface area contributed by atoms with Crippen molar-refractivity contribution in [2.45, 2.75) is 6.92 Å². The van der Waals surface area contributed by atoms with Crippen LogP contribution in [0, 0.1) is 6.92 Å². The summed E-state index contributed by atoms with van der Waals surface area (Å²) in [6.07, 6.45) is 0. The number of hydrogen-bond donors (Lipinski definition) is 1. The maximum absolute atomic E-state index is 12.3. The predicted octanol–water partition coefficient (Wildman–Crippen LogP) is 4.34. The number of carbonyl (C=O) groups is 2. The zero-order valence-electron chi connectivity index (χ0n) is 11.9. The average Bonchev–Trinajstić information content (AvgIpc) is 2.51. The average molecular weight is 338 g/mol. The van der Waals surface area contributed by atoms with Gasteiger partial charge in [0, 0.05) is 5.56 Å². The highest BCUT2D eigenvalue weighted by atomic mass is 35.5. The van der Waals surface area contributed by atoms with Gasteiger partial charge < -0.3 is 10.1 Å². The minimum atomic E-state index is -0.520. The quantitative estimate of drug-likeness (QED) is 0.847. The van der Waals surface area contributed by atoms with Crippen molar-refractivity contribution in [2.24, 2.45) is 0 Å². The molecule has 6 heteroatoms. The van der Waals surface area contributed by atoms with E-state index in [1.165, 1.54) is 19.2 Å². The van der Waals surface area contributed by atoms with E-state index in [4.69, 9.17) is 27.9 Å². The van der Waals surface area contributed by atoms with Crippen LogP contribution in [0.15, 0.2) is 36.4 Å². The van der Waals surface area contributed by atoms with Gasteiger partial charge in [0.1, 0.15) is 0 Å². The van der Waals surface area contributed by atoms with Crippen LogP contribution < -0.4 is 5.32 Å². The first-order valence-electron chi connectivity index (χ1n) is 6.38. The third-order valence-corrected chi connectivity index (χ3v) is 3.84. The van der Waals surface area contributed by atoms with Gasteiger partial charge in [0.15, 0.2) is 0 Å². The lowest BCUT2D eigenvalue weighted by Crippen LogP contribution is -2.16. The summed E-state index contributed by atoms with van der Waals surface area (Å²) < 4.78 is 4.73. The van der Waals surface area contributed by atoms with Crippen LogP contribution in [0.3, 0.4) is 0 Å². The Balaban J connectivity index is 2.36. The number of benzene rings is 2. The number of anilines is 1. The fourth-order valence-electron chi connectivity index (χ4n) is 1.94. The summed E-state index contributed by atoms with van der Waals surface area (Å²) in [5.41, 5.74) is 1.78. The molecule has 0 aliphatic rings. The Hall–Kier alpha value is -2.04. The van der Waals surface area contributed by atoms with E-state index in [1.54, 1.807) is 31.2 Å². The van der Waals surface area contributed by atoms with Gasteiger partial charge in [0.25, 0.3) is 5.91 Å². The highest BCUT2D eigenvalue weighted by molar-refractivity contribution is 6.42. The topological polar surface area (TPSA) is 55.4 Å². The molecule has 0 saturated heterocycles. The van der Waals surface area contributed by atoms with Crippen LogP contribution in [0.2, 0.25) is 10.0 Å². The lowest BCUT2D eigenvalue weighted by atomic mass is 10.1. The monoisotopic (exact) mass is 337 g/mol. The number of hydrogen-bond acceptors (Lipinski definition) is 3. The third-order valence-electron chi connectivity index (χ3n) is 3.10. The highest BCUT2D eigenvalue weighted by Gasteiger charge is 2.17. The normalized spacial score (nSPS) is 10.2. The van der Waals surface area contributed by atoms with E-state index >= 15 is 0 Å². The summed E-state index contributed by atoms with van der Waals surface area (Å²) in [6.45, 7) is 1.79. The van der Waals surface area contributed by atoms with Crippen LogP contribution >= 0.6 is 23.2 Å². The number of rotatable bonds is 3. The molecule has 0 spiro atoms. The zero-order valence-corrected chi connectivity index (χ0v) is 13.5. The maximum atomic E-state index is 12.3. The van der Waals surface area contributed by atoms with Gasteiger partial charge in [-0.3, -0.25) is 4.79 Å². The molecule has 1 amide bonds. The van der Waals surface area contributed by atoms with Crippen LogP contribution in [0.5, 0.6) is 0 Å². The first-order chi connectivity index (χ1) is 10.4. The molecule has 4 nitrogen and oxygen atoms in total. The summed E-state index contributed by atoms with van der Waals surface area (Å²) in [5, 5.41) is 3.37. The summed E-state index contributed by atoms with van der Waals surface area (Å²) in [7, 11) is 1.29. The molecular weight excluding hydrogens is 325 g/mol. The molecule has 22 heavy (non-hydrogen) atoms. The Morgan fingerprint density at radius 1 is 1.09 bits per heavy atom. The van der Waals surface area contributed by atoms with E-state index in [0.29, 0.717) is 16.3 Å². The van der Waals surface area contributed by atoms with Crippen molar-refractivity contribution in [3.8, 4) is 0 Å². The molecule has 114 valence electrons. The molecule has 2 aromatic carbocycles. The number of carbonyl (C=O) groups excluding carboxylic acids is 2. The smallest absolute Gasteiger partial charge is 0.339 e. The second kappa shape index (κ2) is 6.81. The number of nitrogens with one attached hydrogen (secondary N) is 1. The number of para-hydroxylation sites is 1. The molecule has 0 unspecified atom stereocenters. The Morgan fingerprint density at radius 3 is 2.45 bits per heavy atom. The van der Waals surface area contributed by atoms with Crippen LogP contribution in [0.25, 0.3) is 0 Å². The molecule has 0 bridgehead atoms. The van der Waals surface area contributed by atoms with E-state index in [1.807, 2.05) is 0 Å². The van der Waals surface area contributed by atoms with E-state index < -0.39 is 11.9 Å². The van der Waals surface area contributed by atoms with Crippen molar-refractivity contribution in [3.05, 3.63) is 63.1 Å². The third kappa shape index (κ3) is 3.40. The maximum Gasteiger partial charge on any atom is 0.339 e. The summed E-state index contributed by atoms with van der Waals surface area (Å²) in [6, 6.07) is 9.66. The van der Waals surface area contributed by atoms with Crippen molar-refractivity contribution in [3.63, 3.8) is 0 Å². The lowest BCUT2D eigenvalue weighted by molar-refractivity contribution is 0.0602. The number of ether oxygens (including phenoxy) is 1. The number of aryl methyl sites for hydroxylation is 1. The van der Waals surface area contributed by atoms with Crippen LogP contribution in [0.4, 0.5) is 5.69 Å². The summed E-state index contributed by atoms with van der Waals surface area (Å²) in [5.74, 6) is -0.911. The number of esters is 1. The Bertz CT molecular complexity index is 744. The molecule has 0 heterocycles. The Morgan fingerprint density at radius 2 is 1.82 bits per heavy atom. The van der Waals surface area contributed by atoms with Gasteiger partial charge in [-0.2, -0.15) is 0 Å². The van der Waals surface area contributed by atoms with E-state index in [-0.39, 0.29) is 10.6 Å². The van der Waals surface area contributed by atoms with Gasteiger partial charge >= 0.3 is 5.97 Å². The molecule has 0 atom stereocenters. The molecule has 0 aliphatic carbocycles. The molecule has 0 aromatic heterocycles. The predicted molar refractivity (Wildman–Crippen MR) is 86.9 cm³/mol. The van der Waals surface area contributed by atoms with Gasteiger partial charge in [0.2, 0.25) is 0 Å². The standard InChI is InChI=1S/C16H13Cl2NO3/c1-9-4-3-5-11(16(21)22-2)14(9)19-15(20)10-6-7-12(17)13(18)8-10/h3-8H,1-2H3,(H,19,20). The van der Waals surface area contributed by atoms with E-state index in [9.17, 15) is 9.59 Å². The Kier molecular flexibility index (Phi) is 5.06. The van der Waals surface area contributed by atoms with Crippen molar-refractivity contribution in [1.82, 2.24) is 0 Å². The van der Waals surface area contributed by atoms with Crippen LogP contribution in [-0.2, 0) is 4.74 Å². The first-order valence-corrected chi connectivity index (χ1v) is 7.14. The Labute approximate surface area is 138 Å².